The Morgan fingerprint density at radius 1 is 0.889 bits per heavy atom. The van der Waals surface area contributed by atoms with Gasteiger partial charge in [0, 0.05) is 13.1 Å². The minimum atomic E-state index is -1.06. The summed E-state index contributed by atoms with van der Waals surface area (Å²) in [5.41, 5.74) is 1.31. The van der Waals surface area contributed by atoms with Crippen LogP contribution in [0.1, 0.15) is 48.9 Å². The van der Waals surface area contributed by atoms with Crippen LogP contribution < -0.4 is 9.80 Å². The summed E-state index contributed by atoms with van der Waals surface area (Å²) in [5, 5.41) is 9.42. The first kappa shape index (κ1) is 17.8. The Labute approximate surface area is 158 Å². The zero-order valence-electron chi connectivity index (χ0n) is 15.3. The number of fused-ring (bicyclic) bond motifs is 1. The van der Waals surface area contributed by atoms with Crippen molar-refractivity contribution in [2.75, 3.05) is 22.9 Å². The zero-order valence-corrected chi connectivity index (χ0v) is 15.3. The van der Waals surface area contributed by atoms with Gasteiger partial charge in [0.2, 0.25) is 11.8 Å². The number of hydrogen-bond acceptors (Lipinski definition) is 4. The molecule has 1 N–H and O–H groups in total. The van der Waals surface area contributed by atoms with Gasteiger partial charge in [-0.2, -0.15) is 0 Å². The first-order valence-corrected chi connectivity index (χ1v) is 9.73. The topological polar surface area (TPSA) is 77.9 Å². The Balaban J connectivity index is 1.77. The van der Waals surface area contributed by atoms with Gasteiger partial charge in [-0.05, 0) is 43.9 Å². The molecule has 2 saturated heterocycles. The van der Waals surface area contributed by atoms with E-state index in [-0.39, 0.29) is 29.2 Å². The smallest absolute Gasteiger partial charge is 0.335 e. The fourth-order valence-electron chi connectivity index (χ4n) is 4.45. The molecule has 2 aliphatic heterocycles. The second-order valence-electron chi connectivity index (χ2n) is 7.58. The van der Waals surface area contributed by atoms with Gasteiger partial charge >= 0.3 is 5.97 Å². The lowest BCUT2D eigenvalue weighted by molar-refractivity contribution is -0.122. The van der Waals surface area contributed by atoms with E-state index in [1.807, 2.05) is 12.2 Å². The van der Waals surface area contributed by atoms with Gasteiger partial charge < -0.3 is 10.0 Å². The van der Waals surface area contributed by atoms with Gasteiger partial charge in [-0.15, -0.1) is 0 Å². The summed E-state index contributed by atoms with van der Waals surface area (Å²) in [6, 6.07) is 4.81. The number of carbonyl (C=O) groups is 3. The molecule has 1 aromatic rings. The van der Waals surface area contributed by atoms with Crippen molar-refractivity contribution in [3.63, 3.8) is 0 Å². The second-order valence-corrected chi connectivity index (χ2v) is 7.58. The number of imide groups is 1. The lowest BCUT2D eigenvalue weighted by Gasteiger charge is -2.28. The van der Waals surface area contributed by atoms with Crippen LogP contribution in [0.4, 0.5) is 11.4 Å². The van der Waals surface area contributed by atoms with E-state index < -0.39 is 5.97 Å². The van der Waals surface area contributed by atoms with Crippen LogP contribution >= 0.6 is 0 Å². The predicted octanol–water partition coefficient (Wildman–Crippen LogP) is 3.22. The maximum atomic E-state index is 13.0. The maximum Gasteiger partial charge on any atom is 0.335 e. The van der Waals surface area contributed by atoms with E-state index in [2.05, 4.69) is 4.90 Å². The van der Waals surface area contributed by atoms with E-state index in [1.54, 1.807) is 12.1 Å². The lowest BCUT2D eigenvalue weighted by Crippen LogP contribution is -2.34. The summed E-state index contributed by atoms with van der Waals surface area (Å²) < 4.78 is 0. The average Bonchev–Trinajstić information content (AvgIpc) is 2.86. The van der Waals surface area contributed by atoms with Crippen molar-refractivity contribution in [1.29, 1.82) is 0 Å². The van der Waals surface area contributed by atoms with Crippen LogP contribution in [0, 0.1) is 11.8 Å². The van der Waals surface area contributed by atoms with Gasteiger partial charge in [-0.1, -0.05) is 25.0 Å². The molecule has 0 saturated carbocycles. The highest BCUT2D eigenvalue weighted by Crippen LogP contribution is 2.41. The van der Waals surface area contributed by atoms with Crippen LogP contribution in [0.15, 0.2) is 30.4 Å². The molecule has 1 aromatic carbocycles. The molecule has 2 heterocycles. The average molecular weight is 368 g/mol. The van der Waals surface area contributed by atoms with Crippen molar-refractivity contribution >= 4 is 29.2 Å². The third-order valence-corrected chi connectivity index (χ3v) is 5.92. The molecule has 3 aliphatic rings. The van der Waals surface area contributed by atoms with Crippen LogP contribution in [0.2, 0.25) is 0 Å². The molecule has 0 unspecified atom stereocenters. The van der Waals surface area contributed by atoms with Crippen LogP contribution in [-0.2, 0) is 9.59 Å². The Bertz CT molecular complexity index is 782. The monoisotopic (exact) mass is 368 g/mol. The normalized spacial score (nSPS) is 25.5. The molecule has 1 aliphatic carbocycles. The number of allylic oxidation sites excluding steroid dienone is 2. The molecule has 2 atom stereocenters. The number of carboxylic acid groups (broad SMARTS) is 1. The van der Waals surface area contributed by atoms with Crippen LogP contribution in [0.5, 0.6) is 0 Å². The highest BCUT2D eigenvalue weighted by Gasteiger charge is 2.48. The quantitative estimate of drug-likeness (QED) is 0.655. The summed E-state index contributed by atoms with van der Waals surface area (Å²) in [6.45, 7) is 1.70. The summed E-state index contributed by atoms with van der Waals surface area (Å²) in [5.74, 6) is -2.11. The fourth-order valence-corrected chi connectivity index (χ4v) is 4.45. The molecule has 142 valence electrons. The molecule has 0 bridgehead atoms. The van der Waals surface area contributed by atoms with Gasteiger partial charge in [-0.3, -0.25) is 9.59 Å². The molecule has 0 aromatic heterocycles. The predicted molar refractivity (Wildman–Crippen MR) is 102 cm³/mol. The molecule has 0 spiro atoms. The number of rotatable bonds is 3. The Kier molecular flexibility index (Phi) is 4.72. The summed E-state index contributed by atoms with van der Waals surface area (Å²) in [6.07, 6.45) is 9.49. The number of nitrogens with zero attached hydrogens (tertiary/aromatic N) is 2. The van der Waals surface area contributed by atoms with Crippen molar-refractivity contribution in [2.24, 2.45) is 11.8 Å². The third-order valence-electron chi connectivity index (χ3n) is 5.92. The van der Waals surface area contributed by atoms with Gasteiger partial charge in [0.1, 0.15) is 0 Å². The molecule has 2 fully saturated rings. The van der Waals surface area contributed by atoms with Gasteiger partial charge in [0.05, 0.1) is 28.8 Å². The number of carbonyl (C=O) groups excluding carboxylic acids is 2. The number of anilines is 2. The molecular weight excluding hydrogens is 344 g/mol. The Morgan fingerprint density at radius 3 is 2.04 bits per heavy atom. The number of hydrogen-bond donors (Lipinski definition) is 1. The van der Waals surface area contributed by atoms with E-state index >= 15 is 0 Å². The summed E-state index contributed by atoms with van der Waals surface area (Å²) in [7, 11) is 0. The lowest BCUT2D eigenvalue weighted by atomic mass is 9.85. The van der Waals surface area contributed by atoms with Crippen molar-refractivity contribution in [3.05, 3.63) is 35.9 Å². The van der Waals surface area contributed by atoms with Crippen LogP contribution in [-0.4, -0.2) is 36.0 Å². The molecule has 27 heavy (non-hydrogen) atoms. The molecule has 2 amide bonds. The molecule has 4 rings (SSSR count). The van der Waals surface area contributed by atoms with Crippen LogP contribution in [0.3, 0.4) is 0 Å². The number of aromatic carboxylic acids is 1. The third kappa shape index (κ3) is 3.13. The van der Waals surface area contributed by atoms with Crippen molar-refractivity contribution < 1.29 is 19.5 Å². The number of carboxylic acids is 1. The highest BCUT2D eigenvalue weighted by molar-refractivity contribution is 6.23. The molecule has 6 heteroatoms. The van der Waals surface area contributed by atoms with E-state index in [9.17, 15) is 19.5 Å². The molecule has 6 nitrogen and oxygen atoms in total. The molecular formula is C21H24N2O4. The Morgan fingerprint density at radius 2 is 1.48 bits per heavy atom. The second kappa shape index (κ2) is 7.18. The number of benzene rings is 1. The maximum absolute atomic E-state index is 13.0. The van der Waals surface area contributed by atoms with E-state index in [0.717, 1.165) is 44.5 Å². The summed E-state index contributed by atoms with van der Waals surface area (Å²) in [4.78, 5) is 41.0. The minimum absolute atomic E-state index is 0.0946. The minimum Gasteiger partial charge on any atom is -0.478 e. The van der Waals surface area contributed by atoms with Gasteiger partial charge in [-0.25, -0.2) is 9.69 Å². The van der Waals surface area contributed by atoms with Gasteiger partial charge in [0.25, 0.3) is 0 Å². The van der Waals surface area contributed by atoms with Crippen molar-refractivity contribution in [3.8, 4) is 0 Å². The largest absolute Gasteiger partial charge is 0.478 e. The van der Waals surface area contributed by atoms with Gasteiger partial charge in [0.15, 0.2) is 0 Å². The first-order chi connectivity index (χ1) is 13.1. The number of amides is 2. The van der Waals surface area contributed by atoms with Crippen LogP contribution in [0.25, 0.3) is 0 Å². The fraction of sp³-hybridized carbons (Fsp3) is 0.476. The zero-order chi connectivity index (χ0) is 19.0. The van der Waals surface area contributed by atoms with Crippen molar-refractivity contribution in [2.45, 2.75) is 38.5 Å². The first-order valence-electron chi connectivity index (χ1n) is 9.73. The van der Waals surface area contributed by atoms with Crippen molar-refractivity contribution in [1.82, 2.24) is 0 Å². The molecule has 0 radical (unpaired) electrons. The summed E-state index contributed by atoms with van der Waals surface area (Å²) >= 11 is 0. The van der Waals surface area contributed by atoms with E-state index in [1.165, 1.54) is 11.0 Å². The SMILES string of the molecule is O=C(O)c1ccc(N2CCCCCC2)c(N2C(=O)[C@@H]3CC=CC[C@H]3C2=O)c1. The van der Waals surface area contributed by atoms with E-state index in [0.29, 0.717) is 18.5 Å². The van der Waals surface area contributed by atoms with E-state index in [4.69, 9.17) is 0 Å². The Hall–Kier alpha value is -2.63. The highest BCUT2D eigenvalue weighted by atomic mass is 16.4. The standard InChI is InChI=1S/C21H24N2O4/c24-19-15-7-3-4-8-16(15)20(25)23(19)18-13-14(21(26)27)9-10-17(18)22-11-5-1-2-6-12-22/h3-4,9-10,13,15-16H,1-2,5-8,11-12H2,(H,26,27)/t15-,16-/m1/s1.